The van der Waals surface area contributed by atoms with Gasteiger partial charge < -0.3 is 15.2 Å². The number of nitrogens with two attached hydrogens (primary N) is 1. The molecule has 1 fully saturated rings. The summed E-state index contributed by atoms with van der Waals surface area (Å²) in [5.41, 5.74) is 5.28. The van der Waals surface area contributed by atoms with Crippen molar-refractivity contribution in [3.05, 3.63) is 0 Å². The molecule has 1 rings (SSSR count). The van der Waals surface area contributed by atoms with Crippen molar-refractivity contribution < 1.29 is 9.47 Å². The SMILES string of the molecule is CC1CC(OCCC(C)(C)C(=N)N)CC(C)O1. The van der Waals surface area contributed by atoms with Crippen LogP contribution in [0.1, 0.15) is 47.0 Å². The Morgan fingerprint density at radius 2 is 1.88 bits per heavy atom. The van der Waals surface area contributed by atoms with Crippen molar-refractivity contribution in [2.75, 3.05) is 6.61 Å². The van der Waals surface area contributed by atoms with Gasteiger partial charge in [-0.1, -0.05) is 13.8 Å². The summed E-state index contributed by atoms with van der Waals surface area (Å²) in [6, 6.07) is 0. The summed E-state index contributed by atoms with van der Waals surface area (Å²) < 4.78 is 11.5. The zero-order valence-corrected chi connectivity index (χ0v) is 11.5. The van der Waals surface area contributed by atoms with Gasteiger partial charge in [-0.05, 0) is 33.1 Å². The third kappa shape index (κ3) is 4.64. The first-order valence-electron chi connectivity index (χ1n) is 6.43. The van der Waals surface area contributed by atoms with Gasteiger partial charge in [0.2, 0.25) is 0 Å². The Balaban J connectivity index is 2.29. The Kier molecular flexibility index (Phi) is 4.95. The van der Waals surface area contributed by atoms with Crippen LogP contribution in [-0.2, 0) is 9.47 Å². The number of nitrogens with one attached hydrogen (secondary N) is 1. The number of amidine groups is 1. The predicted octanol–water partition coefficient (Wildman–Crippen LogP) is 2.31. The molecule has 2 atom stereocenters. The van der Waals surface area contributed by atoms with Gasteiger partial charge in [-0.3, -0.25) is 5.41 Å². The molecule has 0 aliphatic carbocycles. The highest BCUT2D eigenvalue weighted by molar-refractivity contribution is 5.82. The molecule has 3 N–H and O–H groups in total. The van der Waals surface area contributed by atoms with E-state index in [1.807, 2.05) is 13.8 Å². The fraction of sp³-hybridized carbons (Fsp3) is 0.923. The van der Waals surface area contributed by atoms with Crippen LogP contribution in [0.15, 0.2) is 0 Å². The average Bonchev–Trinajstić information content (AvgIpc) is 2.15. The molecule has 0 aromatic heterocycles. The van der Waals surface area contributed by atoms with Crippen LogP contribution in [0.25, 0.3) is 0 Å². The maximum absolute atomic E-state index is 7.49. The fourth-order valence-electron chi connectivity index (χ4n) is 2.10. The highest BCUT2D eigenvalue weighted by atomic mass is 16.5. The van der Waals surface area contributed by atoms with Crippen molar-refractivity contribution in [2.24, 2.45) is 11.1 Å². The summed E-state index contributed by atoms with van der Waals surface area (Å²) >= 11 is 0. The molecule has 0 amide bonds. The minimum atomic E-state index is -0.262. The van der Waals surface area contributed by atoms with Crippen molar-refractivity contribution >= 4 is 5.84 Å². The maximum Gasteiger partial charge on any atom is 0.0963 e. The van der Waals surface area contributed by atoms with E-state index in [1.165, 1.54) is 0 Å². The number of hydrogen-bond donors (Lipinski definition) is 2. The first kappa shape index (κ1) is 14.5. The van der Waals surface area contributed by atoms with Crippen LogP contribution in [0.2, 0.25) is 0 Å². The Bertz CT molecular complexity index is 256. The summed E-state index contributed by atoms with van der Waals surface area (Å²) in [7, 11) is 0. The number of rotatable bonds is 5. The summed E-state index contributed by atoms with van der Waals surface area (Å²) in [6.45, 7) is 8.80. The molecule has 1 heterocycles. The molecule has 1 saturated heterocycles. The standard InChI is InChI=1S/C13H26N2O2/c1-9-7-11(8-10(2)17-9)16-6-5-13(3,4)12(14)15/h9-11H,5-8H2,1-4H3,(H3,14,15). The Morgan fingerprint density at radius 1 is 1.35 bits per heavy atom. The van der Waals surface area contributed by atoms with Crippen LogP contribution in [0.3, 0.4) is 0 Å². The third-order valence-electron chi connectivity index (χ3n) is 3.46. The van der Waals surface area contributed by atoms with E-state index < -0.39 is 0 Å². The summed E-state index contributed by atoms with van der Waals surface area (Å²) in [6.07, 6.45) is 3.57. The van der Waals surface area contributed by atoms with Crippen molar-refractivity contribution in [1.82, 2.24) is 0 Å². The molecule has 4 nitrogen and oxygen atoms in total. The highest BCUT2D eigenvalue weighted by Crippen LogP contribution is 2.24. The Labute approximate surface area is 104 Å². The second-order valence-electron chi connectivity index (χ2n) is 5.77. The summed E-state index contributed by atoms with van der Waals surface area (Å²) in [5, 5.41) is 7.49. The first-order chi connectivity index (χ1) is 7.81. The van der Waals surface area contributed by atoms with Gasteiger partial charge in [-0.2, -0.15) is 0 Å². The topological polar surface area (TPSA) is 68.3 Å². The molecule has 0 saturated carbocycles. The number of ether oxygens (including phenoxy) is 2. The van der Waals surface area contributed by atoms with Crippen molar-refractivity contribution in [3.8, 4) is 0 Å². The van der Waals surface area contributed by atoms with Gasteiger partial charge >= 0.3 is 0 Å². The van der Waals surface area contributed by atoms with E-state index in [-0.39, 0.29) is 29.6 Å². The van der Waals surface area contributed by atoms with E-state index in [9.17, 15) is 0 Å². The molecule has 1 aliphatic heterocycles. The summed E-state index contributed by atoms with van der Waals surface area (Å²) in [5.74, 6) is 0.231. The van der Waals surface area contributed by atoms with Crippen LogP contribution in [-0.4, -0.2) is 30.8 Å². The summed E-state index contributed by atoms with van der Waals surface area (Å²) in [4.78, 5) is 0. The third-order valence-corrected chi connectivity index (χ3v) is 3.46. The van der Waals surface area contributed by atoms with E-state index in [1.54, 1.807) is 0 Å². The van der Waals surface area contributed by atoms with Gasteiger partial charge in [-0.15, -0.1) is 0 Å². The van der Waals surface area contributed by atoms with E-state index in [0.717, 1.165) is 19.3 Å². The molecule has 0 spiro atoms. The molecule has 0 radical (unpaired) electrons. The molecule has 2 unspecified atom stereocenters. The average molecular weight is 242 g/mol. The van der Waals surface area contributed by atoms with Gasteiger partial charge in [-0.25, -0.2) is 0 Å². The first-order valence-corrected chi connectivity index (χ1v) is 6.43. The van der Waals surface area contributed by atoms with Gasteiger partial charge in [0, 0.05) is 12.0 Å². The smallest absolute Gasteiger partial charge is 0.0963 e. The van der Waals surface area contributed by atoms with Crippen molar-refractivity contribution in [3.63, 3.8) is 0 Å². The number of hydrogen-bond acceptors (Lipinski definition) is 3. The van der Waals surface area contributed by atoms with E-state index in [0.29, 0.717) is 6.61 Å². The monoisotopic (exact) mass is 242 g/mol. The van der Waals surface area contributed by atoms with Crippen LogP contribution in [0.5, 0.6) is 0 Å². The minimum Gasteiger partial charge on any atom is -0.387 e. The van der Waals surface area contributed by atoms with E-state index in [4.69, 9.17) is 20.6 Å². The highest BCUT2D eigenvalue weighted by Gasteiger charge is 2.26. The predicted molar refractivity (Wildman–Crippen MR) is 69.3 cm³/mol. The lowest BCUT2D eigenvalue weighted by molar-refractivity contribution is -0.103. The lowest BCUT2D eigenvalue weighted by Crippen LogP contribution is -2.36. The van der Waals surface area contributed by atoms with Gasteiger partial charge in [0.05, 0.1) is 24.1 Å². The molecule has 0 bridgehead atoms. The quantitative estimate of drug-likeness (QED) is 0.574. The van der Waals surface area contributed by atoms with Crippen LogP contribution in [0.4, 0.5) is 0 Å². The van der Waals surface area contributed by atoms with Gasteiger partial charge in [0.1, 0.15) is 0 Å². The molecule has 0 aromatic rings. The molecule has 4 heteroatoms. The van der Waals surface area contributed by atoms with Crippen molar-refractivity contribution in [1.29, 1.82) is 5.41 Å². The minimum absolute atomic E-state index is 0.231. The Hall–Kier alpha value is -0.610. The molecular weight excluding hydrogens is 216 g/mol. The molecule has 17 heavy (non-hydrogen) atoms. The molecule has 1 aliphatic rings. The zero-order valence-electron chi connectivity index (χ0n) is 11.5. The molecule has 0 aromatic carbocycles. The van der Waals surface area contributed by atoms with Gasteiger partial charge in [0.25, 0.3) is 0 Å². The van der Waals surface area contributed by atoms with E-state index in [2.05, 4.69) is 13.8 Å². The zero-order chi connectivity index (χ0) is 13.1. The van der Waals surface area contributed by atoms with Gasteiger partial charge in [0.15, 0.2) is 0 Å². The molecular formula is C13H26N2O2. The van der Waals surface area contributed by atoms with E-state index >= 15 is 0 Å². The molecule has 100 valence electrons. The lowest BCUT2D eigenvalue weighted by Gasteiger charge is -2.32. The van der Waals surface area contributed by atoms with Crippen LogP contribution < -0.4 is 5.73 Å². The normalized spacial score (nSPS) is 30.2. The lowest BCUT2D eigenvalue weighted by atomic mass is 9.88. The maximum atomic E-state index is 7.49. The van der Waals surface area contributed by atoms with Crippen LogP contribution in [0, 0.1) is 10.8 Å². The largest absolute Gasteiger partial charge is 0.387 e. The van der Waals surface area contributed by atoms with Crippen LogP contribution >= 0.6 is 0 Å². The second kappa shape index (κ2) is 5.83. The van der Waals surface area contributed by atoms with Crippen molar-refractivity contribution in [2.45, 2.75) is 65.3 Å². The second-order valence-corrected chi connectivity index (χ2v) is 5.77. The Morgan fingerprint density at radius 3 is 2.35 bits per heavy atom. The fourth-order valence-corrected chi connectivity index (χ4v) is 2.10.